The van der Waals surface area contributed by atoms with E-state index >= 15 is 0 Å². The number of carbonyl (C=O) groups is 2. The Hall–Kier alpha value is -4.52. The second kappa shape index (κ2) is 11.3. The molecule has 2 unspecified atom stereocenters. The number of carbonyl (C=O) groups excluding carboxylic acids is 2. The lowest BCUT2D eigenvalue weighted by atomic mass is 9.71. The van der Waals surface area contributed by atoms with Crippen molar-refractivity contribution in [1.82, 2.24) is 5.32 Å². The Morgan fingerprint density at radius 3 is 2.27 bits per heavy atom. The van der Waals surface area contributed by atoms with Crippen LogP contribution in [0.25, 0.3) is 0 Å². The average molecular weight is 539 g/mol. The number of rotatable bonds is 7. The number of hydrogen-bond donors (Lipinski definition) is 2. The fourth-order valence-electron chi connectivity index (χ4n) is 5.80. The molecule has 0 aromatic heterocycles. The number of nitrogens with one attached hydrogen (secondary N) is 2. The molecule has 1 amide bonds. The summed E-state index contributed by atoms with van der Waals surface area (Å²) in [6.07, 6.45) is 0.930. The minimum absolute atomic E-state index is 0.00173. The Labute approximate surface area is 234 Å². The molecule has 2 aliphatic rings. The van der Waals surface area contributed by atoms with Gasteiger partial charge in [0.2, 0.25) is 0 Å². The largest absolute Gasteiger partial charge is 0.496 e. The number of amides is 1. The average Bonchev–Trinajstić information content (AvgIpc) is 2.96. The number of allylic oxidation sites excluding steroid dienone is 3. The number of methoxy groups -OCH3 is 3. The number of aryl methyl sites for hydroxylation is 1. The molecule has 1 heterocycles. The van der Waals surface area contributed by atoms with Crippen molar-refractivity contribution in [2.75, 3.05) is 26.6 Å². The van der Waals surface area contributed by atoms with Crippen LogP contribution in [0, 0.1) is 6.92 Å². The topological polar surface area (TPSA) is 85.9 Å². The molecule has 0 fully saturated rings. The van der Waals surface area contributed by atoms with Crippen LogP contribution in [-0.4, -0.2) is 33.0 Å². The highest BCUT2D eigenvalue weighted by Crippen LogP contribution is 2.48. The van der Waals surface area contributed by atoms with Gasteiger partial charge in [0.25, 0.3) is 5.91 Å². The summed E-state index contributed by atoms with van der Waals surface area (Å²) in [5.74, 6) is 1.02. The summed E-state index contributed by atoms with van der Waals surface area (Å²) >= 11 is 0. The molecule has 0 spiro atoms. The minimum Gasteiger partial charge on any atom is -0.496 e. The van der Waals surface area contributed by atoms with Crippen LogP contribution < -0.4 is 24.8 Å². The lowest BCUT2D eigenvalue weighted by Crippen LogP contribution is -2.37. The predicted molar refractivity (Wildman–Crippen MR) is 155 cm³/mol. The molecule has 2 N–H and O–H groups in total. The molecule has 7 heteroatoms. The molecule has 0 saturated heterocycles. The quantitative estimate of drug-likeness (QED) is 0.383. The molecule has 3 aromatic rings. The van der Waals surface area contributed by atoms with Crippen LogP contribution in [-0.2, 0) is 9.59 Å². The van der Waals surface area contributed by atoms with Gasteiger partial charge in [-0.15, -0.1) is 0 Å². The second-order valence-electron chi connectivity index (χ2n) is 10.1. The summed E-state index contributed by atoms with van der Waals surface area (Å²) in [5, 5.41) is 6.53. The molecular weight excluding hydrogens is 504 g/mol. The zero-order chi connectivity index (χ0) is 28.4. The van der Waals surface area contributed by atoms with Gasteiger partial charge in [0.1, 0.15) is 5.75 Å². The fourth-order valence-corrected chi connectivity index (χ4v) is 5.80. The van der Waals surface area contributed by atoms with E-state index in [1.807, 2.05) is 80.6 Å². The van der Waals surface area contributed by atoms with Crippen LogP contribution in [0.1, 0.15) is 48.3 Å². The van der Waals surface area contributed by atoms with Crippen LogP contribution in [0.15, 0.2) is 89.3 Å². The van der Waals surface area contributed by atoms with E-state index in [2.05, 4.69) is 10.6 Å². The third kappa shape index (κ3) is 4.95. The van der Waals surface area contributed by atoms with Crippen LogP contribution in [0.3, 0.4) is 0 Å². The Kier molecular flexibility index (Phi) is 7.65. The van der Waals surface area contributed by atoms with Crippen molar-refractivity contribution in [2.24, 2.45) is 0 Å². The Morgan fingerprint density at radius 1 is 0.850 bits per heavy atom. The molecule has 0 radical (unpaired) electrons. The minimum atomic E-state index is -0.574. The van der Waals surface area contributed by atoms with Gasteiger partial charge in [-0.2, -0.15) is 0 Å². The van der Waals surface area contributed by atoms with E-state index in [1.165, 1.54) is 0 Å². The van der Waals surface area contributed by atoms with Crippen molar-refractivity contribution in [3.05, 3.63) is 106 Å². The number of Topliss-reactive ketones (excluding diaryl/α,β-unsaturated/α-hetero) is 1. The number of hydrogen-bond acceptors (Lipinski definition) is 6. The lowest BCUT2D eigenvalue weighted by molar-refractivity contribution is -0.116. The number of para-hydroxylation sites is 2. The maximum Gasteiger partial charge on any atom is 0.254 e. The van der Waals surface area contributed by atoms with Gasteiger partial charge in [0.05, 0.1) is 27.2 Å². The van der Waals surface area contributed by atoms with Crippen molar-refractivity contribution < 1.29 is 23.8 Å². The second-order valence-corrected chi connectivity index (χ2v) is 10.1. The van der Waals surface area contributed by atoms with Gasteiger partial charge in [-0.25, -0.2) is 0 Å². The highest BCUT2D eigenvalue weighted by Gasteiger charge is 2.42. The van der Waals surface area contributed by atoms with Crippen LogP contribution in [0.2, 0.25) is 0 Å². The summed E-state index contributed by atoms with van der Waals surface area (Å²) in [7, 11) is 4.81. The molecule has 206 valence electrons. The third-order valence-corrected chi connectivity index (χ3v) is 7.79. The van der Waals surface area contributed by atoms with E-state index in [4.69, 9.17) is 14.2 Å². The Balaban J connectivity index is 1.58. The molecule has 0 saturated carbocycles. The third-order valence-electron chi connectivity index (χ3n) is 7.79. The van der Waals surface area contributed by atoms with Gasteiger partial charge in [-0.1, -0.05) is 42.5 Å². The molecular formula is C33H34N2O5. The van der Waals surface area contributed by atoms with Crippen molar-refractivity contribution >= 4 is 17.4 Å². The molecule has 1 aliphatic heterocycles. The number of dihydropyridines is 1. The van der Waals surface area contributed by atoms with Gasteiger partial charge in [-0.05, 0) is 61.6 Å². The lowest BCUT2D eigenvalue weighted by Gasteiger charge is -2.37. The number of ketones is 1. The molecule has 40 heavy (non-hydrogen) atoms. The summed E-state index contributed by atoms with van der Waals surface area (Å²) in [6.45, 7) is 3.84. The summed E-state index contributed by atoms with van der Waals surface area (Å²) < 4.78 is 16.6. The van der Waals surface area contributed by atoms with Crippen LogP contribution in [0.4, 0.5) is 5.69 Å². The molecule has 3 aromatic carbocycles. The first kappa shape index (κ1) is 27.1. The van der Waals surface area contributed by atoms with Gasteiger partial charge in [0, 0.05) is 40.2 Å². The Morgan fingerprint density at radius 2 is 1.55 bits per heavy atom. The summed E-state index contributed by atoms with van der Waals surface area (Å²) in [6, 6.07) is 21.0. The smallest absolute Gasteiger partial charge is 0.254 e. The maximum absolute atomic E-state index is 14.0. The Bertz CT molecular complexity index is 1540. The van der Waals surface area contributed by atoms with E-state index in [9.17, 15) is 9.59 Å². The van der Waals surface area contributed by atoms with E-state index in [0.717, 1.165) is 28.1 Å². The predicted octanol–water partition coefficient (Wildman–Crippen LogP) is 6.02. The first-order valence-corrected chi connectivity index (χ1v) is 13.3. The van der Waals surface area contributed by atoms with Crippen molar-refractivity contribution in [2.45, 2.75) is 38.5 Å². The van der Waals surface area contributed by atoms with Crippen molar-refractivity contribution in [3.63, 3.8) is 0 Å². The molecule has 1 aliphatic carbocycles. The monoisotopic (exact) mass is 538 g/mol. The van der Waals surface area contributed by atoms with Crippen molar-refractivity contribution in [1.29, 1.82) is 0 Å². The summed E-state index contributed by atoms with van der Waals surface area (Å²) in [5.41, 5.74) is 6.13. The summed E-state index contributed by atoms with van der Waals surface area (Å²) in [4.78, 5) is 27.9. The van der Waals surface area contributed by atoms with E-state index in [1.54, 1.807) is 21.3 Å². The van der Waals surface area contributed by atoms with Crippen LogP contribution >= 0.6 is 0 Å². The molecule has 5 rings (SSSR count). The number of anilines is 1. The van der Waals surface area contributed by atoms with Gasteiger partial charge < -0.3 is 24.8 Å². The highest BCUT2D eigenvalue weighted by molar-refractivity contribution is 6.10. The first-order chi connectivity index (χ1) is 19.4. The zero-order valence-corrected chi connectivity index (χ0v) is 23.5. The molecule has 0 bridgehead atoms. The zero-order valence-electron chi connectivity index (χ0n) is 23.5. The molecule has 2 atom stereocenters. The maximum atomic E-state index is 14.0. The van der Waals surface area contributed by atoms with E-state index in [-0.39, 0.29) is 17.6 Å². The first-order valence-electron chi connectivity index (χ1n) is 13.3. The number of benzene rings is 3. The number of ether oxygens (including phenoxy) is 3. The SMILES string of the molecule is COc1ccc(C2CC(=O)C3=C(C2)NC(C)=C(C(=O)Nc2ccccc2C)C3c2ccccc2OC)cc1OC. The normalized spacial score (nSPS) is 18.6. The van der Waals surface area contributed by atoms with Gasteiger partial charge in [-0.3, -0.25) is 9.59 Å². The van der Waals surface area contributed by atoms with E-state index < -0.39 is 5.92 Å². The highest BCUT2D eigenvalue weighted by atomic mass is 16.5. The van der Waals surface area contributed by atoms with E-state index in [0.29, 0.717) is 46.9 Å². The van der Waals surface area contributed by atoms with Crippen LogP contribution in [0.5, 0.6) is 17.2 Å². The fraction of sp³-hybridized carbons (Fsp3) is 0.273. The van der Waals surface area contributed by atoms with Gasteiger partial charge >= 0.3 is 0 Å². The molecule has 7 nitrogen and oxygen atoms in total. The standard InChI is InChI=1S/C33H34N2O5/c1-19-10-6-8-12-24(19)35-33(37)30-20(2)34-25-16-22(21-14-15-28(39-4)29(18-21)40-5)17-26(36)32(25)31(30)23-11-7-9-13-27(23)38-3/h6-15,18,22,31,34H,16-17H2,1-5H3,(H,35,37). The van der Waals surface area contributed by atoms with Gasteiger partial charge in [0.15, 0.2) is 17.3 Å². The van der Waals surface area contributed by atoms with Crippen molar-refractivity contribution in [3.8, 4) is 17.2 Å².